The monoisotopic (exact) mass is 261 g/mol. The Morgan fingerprint density at radius 3 is 2.50 bits per heavy atom. The van der Waals surface area contributed by atoms with Crippen LogP contribution in [0.25, 0.3) is 11.3 Å². The molecule has 3 N–H and O–H groups in total. The SMILES string of the molecule is CSc1ccc(-c2cnc(C(C)(C)CN)[nH]2)cc1. The molecule has 0 radical (unpaired) electrons. The van der Waals surface area contributed by atoms with E-state index in [0.29, 0.717) is 6.54 Å². The van der Waals surface area contributed by atoms with Crippen molar-refractivity contribution in [2.75, 3.05) is 12.8 Å². The van der Waals surface area contributed by atoms with E-state index in [1.54, 1.807) is 11.8 Å². The molecule has 4 heteroatoms. The summed E-state index contributed by atoms with van der Waals surface area (Å²) in [5.74, 6) is 0.939. The quantitative estimate of drug-likeness (QED) is 0.832. The third kappa shape index (κ3) is 2.60. The summed E-state index contributed by atoms with van der Waals surface area (Å²) in [5, 5.41) is 0. The van der Waals surface area contributed by atoms with Crippen LogP contribution in [0.15, 0.2) is 35.4 Å². The van der Waals surface area contributed by atoms with Crippen LogP contribution in [-0.2, 0) is 5.41 Å². The summed E-state index contributed by atoms with van der Waals surface area (Å²) in [4.78, 5) is 9.06. The molecule has 0 spiro atoms. The first-order valence-electron chi connectivity index (χ1n) is 5.97. The summed E-state index contributed by atoms with van der Waals surface area (Å²) >= 11 is 1.74. The van der Waals surface area contributed by atoms with Gasteiger partial charge in [-0.3, -0.25) is 0 Å². The second kappa shape index (κ2) is 5.16. The van der Waals surface area contributed by atoms with Crippen LogP contribution in [-0.4, -0.2) is 22.8 Å². The molecule has 0 bridgehead atoms. The summed E-state index contributed by atoms with van der Waals surface area (Å²) in [6, 6.07) is 8.46. The highest BCUT2D eigenvalue weighted by atomic mass is 32.2. The summed E-state index contributed by atoms with van der Waals surface area (Å²) in [6.07, 6.45) is 3.95. The number of nitrogens with two attached hydrogens (primary N) is 1. The first-order valence-corrected chi connectivity index (χ1v) is 7.19. The zero-order valence-electron chi connectivity index (χ0n) is 11.0. The lowest BCUT2D eigenvalue weighted by Crippen LogP contribution is -2.29. The van der Waals surface area contributed by atoms with E-state index in [0.717, 1.165) is 17.1 Å². The number of thioether (sulfide) groups is 1. The van der Waals surface area contributed by atoms with Crippen LogP contribution in [0.2, 0.25) is 0 Å². The minimum Gasteiger partial charge on any atom is -0.342 e. The molecule has 0 aliphatic carbocycles. The third-order valence-corrected chi connectivity index (χ3v) is 3.87. The van der Waals surface area contributed by atoms with Crippen LogP contribution in [0, 0.1) is 0 Å². The predicted molar refractivity (Wildman–Crippen MR) is 77.9 cm³/mol. The molecular weight excluding hydrogens is 242 g/mol. The van der Waals surface area contributed by atoms with Crippen LogP contribution < -0.4 is 5.73 Å². The first-order chi connectivity index (χ1) is 8.56. The number of aromatic amines is 1. The largest absolute Gasteiger partial charge is 0.342 e. The lowest BCUT2D eigenvalue weighted by Gasteiger charge is -2.18. The van der Waals surface area contributed by atoms with Gasteiger partial charge >= 0.3 is 0 Å². The van der Waals surface area contributed by atoms with Crippen LogP contribution >= 0.6 is 11.8 Å². The van der Waals surface area contributed by atoms with Crippen molar-refractivity contribution in [2.45, 2.75) is 24.2 Å². The molecule has 1 heterocycles. The van der Waals surface area contributed by atoms with Gasteiger partial charge in [0.05, 0.1) is 11.9 Å². The van der Waals surface area contributed by atoms with Crippen LogP contribution in [0.5, 0.6) is 0 Å². The van der Waals surface area contributed by atoms with Crippen molar-refractivity contribution in [3.8, 4) is 11.3 Å². The van der Waals surface area contributed by atoms with E-state index in [4.69, 9.17) is 5.73 Å². The molecule has 96 valence electrons. The fourth-order valence-corrected chi connectivity index (χ4v) is 2.09. The smallest absolute Gasteiger partial charge is 0.113 e. The Morgan fingerprint density at radius 1 is 1.28 bits per heavy atom. The average Bonchev–Trinajstić information content (AvgIpc) is 2.89. The Kier molecular flexibility index (Phi) is 3.78. The molecular formula is C14H19N3S. The number of nitrogens with zero attached hydrogens (tertiary/aromatic N) is 1. The highest BCUT2D eigenvalue weighted by Gasteiger charge is 2.22. The number of hydrogen-bond acceptors (Lipinski definition) is 3. The summed E-state index contributed by atoms with van der Waals surface area (Å²) in [5.41, 5.74) is 7.84. The molecule has 0 aliphatic rings. The maximum absolute atomic E-state index is 5.76. The number of rotatable bonds is 4. The fourth-order valence-electron chi connectivity index (χ4n) is 1.68. The van der Waals surface area contributed by atoms with Gasteiger partial charge in [-0.25, -0.2) is 4.98 Å². The normalized spacial score (nSPS) is 11.8. The van der Waals surface area contributed by atoms with E-state index >= 15 is 0 Å². The van der Waals surface area contributed by atoms with Gasteiger partial charge in [-0.05, 0) is 24.0 Å². The minimum absolute atomic E-state index is 0.114. The number of H-pyrrole nitrogens is 1. The first kappa shape index (κ1) is 13.2. The molecule has 0 atom stereocenters. The van der Waals surface area contributed by atoms with Crippen molar-refractivity contribution >= 4 is 11.8 Å². The standard InChI is InChI=1S/C14H19N3S/c1-14(2,9-15)13-16-8-12(17-13)10-4-6-11(18-3)7-5-10/h4-8H,9,15H2,1-3H3,(H,16,17). The number of nitrogens with one attached hydrogen (secondary N) is 1. The second-order valence-electron chi connectivity index (χ2n) is 4.96. The summed E-state index contributed by atoms with van der Waals surface area (Å²) < 4.78 is 0. The van der Waals surface area contributed by atoms with Gasteiger partial charge in [0.25, 0.3) is 0 Å². The molecule has 0 amide bonds. The van der Waals surface area contributed by atoms with Gasteiger partial charge in [-0.2, -0.15) is 0 Å². The minimum atomic E-state index is -0.114. The number of hydrogen-bond donors (Lipinski definition) is 2. The van der Waals surface area contributed by atoms with E-state index in [2.05, 4.69) is 54.3 Å². The van der Waals surface area contributed by atoms with Gasteiger partial charge in [-0.15, -0.1) is 11.8 Å². The van der Waals surface area contributed by atoms with E-state index < -0.39 is 0 Å². The molecule has 0 aliphatic heterocycles. The number of benzene rings is 1. The number of aromatic nitrogens is 2. The molecule has 0 unspecified atom stereocenters. The average molecular weight is 261 g/mol. The topological polar surface area (TPSA) is 54.7 Å². The van der Waals surface area contributed by atoms with E-state index in [1.165, 1.54) is 4.90 Å². The zero-order chi connectivity index (χ0) is 13.2. The van der Waals surface area contributed by atoms with Gasteiger partial charge in [0.15, 0.2) is 0 Å². The fraction of sp³-hybridized carbons (Fsp3) is 0.357. The molecule has 2 rings (SSSR count). The van der Waals surface area contributed by atoms with Crippen molar-refractivity contribution in [1.82, 2.24) is 9.97 Å². The van der Waals surface area contributed by atoms with Gasteiger partial charge < -0.3 is 10.7 Å². The van der Waals surface area contributed by atoms with Crippen LogP contribution in [0.1, 0.15) is 19.7 Å². The molecule has 1 aromatic carbocycles. The highest BCUT2D eigenvalue weighted by molar-refractivity contribution is 7.98. The molecule has 0 saturated heterocycles. The molecule has 1 aromatic heterocycles. The van der Waals surface area contributed by atoms with Crippen molar-refractivity contribution in [3.63, 3.8) is 0 Å². The van der Waals surface area contributed by atoms with Gasteiger partial charge in [0.2, 0.25) is 0 Å². The van der Waals surface area contributed by atoms with Crippen molar-refractivity contribution < 1.29 is 0 Å². The van der Waals surface area contributed by atoms with Gasteiger partial charge in [-0.1, -0.05) is 26.0 Å². The maximum Gasteiger partial charge on any atom is 0.113 e. The van der Waals surface area contributed by atoms with Crippen LogP contribution in [0.3, 0.4) is 0 Å². The van der Waals surface area contributed by atoms with Crippen molar-refractivity contribution in [1.29, 1.82) is 0 Å². The summed E-state index contributed by atoms with van der Waals surface area (Å²) in [6.45, 7) is 4.75. The Labute approximate surface area is 112 Å². The molecule has 3 nitrogen and oxygen atoms in total. The maximum atomic E-state index is 5.76. The Hall–Kier alpha value is -1.26. The Balaban J connectivity index is 2.29. The molecule has 18 heavy (non-hydrogen) atoms. The molecule has 2 aromatic rings. The third-order valence-electron chi connectivity index (χ3n) is 3.13. The lowest BCUT2D eigenvalue weighted by atomic mass is 9.93. The molecule has 0 fully saturated rings. The van der Waals surface area contributed by atoms with E-state index in [-0.39, 0.29) is 5.41 Å². The highest BCUT2D eigenvalue weighted by Crippen LogP contribution is 2.25. The Morgan fingerprint density at radius 2 is 1.94 bits per heavy atom. The molecule has 0 saturated carbocycles. The van der Waals surface area contributed by atoms with Gasteiger partial charge in [0.1, 0.15) is 5.82 Å². The summed E-state index contributed by atoms with van der Waals surface area (Å²) in [7, 11) is 0. The predicted octanol–water partition coefficient (Wildman–Crippen LogP) is 3.03. The second-order valence-corrected chi connectivity index (χ2v) is 5.84. The van der Waals surface area contributed by atoms with Crippen molar-refractivity contribution in [3.05, 3.63) is 36.3 Å². The van der Waals surface area contributed by atoms with E-state index in [1.807, 2.05) is 6.20 Å². The van der Waals surface area contributed by atoms with Gasteiger partial charge in [0, 0.05) is 16.9 Å². The van der Waals surface area contributed by atoms with E-state index in [9.17, 15) is 0 Å². The lowest BCUT2D eigenvalue weighted by molar-refractivity contribution is 0.508. The zero-order valence-corrected chi connectivity index (χ0v) is 11.8. The van der Waals surface area contributed by atoms with Crippen molar-refractivity contribution in [2.24, 2.45) is 5.73 Å². The number of imidazole rings is 1. The Bertz CT molecular complexity index is 514. The van der Waals surface area contributed by atoms with Crippen LogP contribution in [0.4, 0.5) is 0 Å².